The normalized spacial score (nSPS) is 21.9. The Kier molecular flexibility index (Phi) is 4.23. The lowest BCUT2D eigenvalue weighted by Gasteiger charge is -2.31. The number of carbonyl (C=O) groups excluding carboxylic acids is 2. The Morgan fingerprint density at radius 1 is 1.35 bits per heavy atom. The van der Waals surface area contributed by atoms with Crippen LogP contribution in [0.5, 0.6) is 0 Å². The maximum atomic E-state index is 13.5. The molecule has 1 amide bonds. The first-order valence-corrected chi connectivity index (χ1v) is 11.4. The van der Waals surface area contributed by atoms with Gasteiger partial charge in [0.05, 0.1) is 35.1 Å². The maximum absolute atomic E-state index is 13.5. The van der Waals surface area contributed by atoms with Gasteiger partial charge in [-0.2, -0.15) is 0 Å². The molecule has 3 aliphatic heterocycles. The van der Waals surface area contributed by atoms with Gasteiger partial charge in [0.1, 0.15) is 6.61 Å². The lowest BCUT2D eigenvalue weighted by Crippen LogP contribution is -2.44. The van der Waals surface area contributed by atoms with Crippen molar-refractivity contribution >= 4 is 28.5 Å². The molecule has 0 saturated heterocycles. The molecule has 2 atom stereocenters. The van der Waals surface area contributed by atoms with Crippen LogP contribution in [0.3, 0.4) is 0 Å². The molecule has 9 heteroatoms. The average molecular weight is 460 g/mol. The second kappa shape index (κ2) is 6.89. The third kappa shape index (κ3) is 2.58. The summed E-state index contributed by atoms with van der Waals surface area (Å²) >= 11 is 0. The standard InChI is InChI=1S/C25H24N4O5/c1-4-25(33)15-7-18-22-13(9-29(18)23(31)14(15)10-34-24(25)32)19-17(27-12(3)30)8-26-21-11(2)5-6-16(28-22)20(19)21/h5-7,17,26,33H,4,8-10H2,1-3H3,(H,27,30)/t17?,25-/m0/s1. The number of aromatic nitrogens is 2. The first-order chi connectivity index (χ1) is 16.2. The first-order valence-electron chi connectivity index (χ1n) is 11.4. The Balaban J connectivity index is 1.67. The number of nitrogens with zero attached hydrogens (tertiary/aromatic N) is 2. The second-order valence-electron chi connectivity index (χ2n) is 9.24. The zero-order valence-corrected chi connectivity index (χ0v) is 19.1. The van der Waals surface area contributed by atoms with E-state index >= 15 is 0 Å². The van der Waals surface area contributed by atoms with Crippen molar-refractivity contribution in [3.05, 3.63) is 56.4 Å². The zero-order chi connectivity index (χ0) is 23.9. The van der Waals surface area contributed by atoms with Gasteiger partial charge < -0.3 is 25.0 Å². The third-order valence-electron chi connectivity index (χ3n) is 7.31. The molecular formula is C25H24N4O5. The number of benzene rings is 1. The van der Waals surface area contributed by atoms with Gasteiger partial charge in [0.25, 0.3) is 5.56 Å². The van der Waals surface area contributed by atoms with Gasteiger partial charge in [0, 0.05) is 35.7 Å². The number of esters is 1. The van der Waals surface area contributed by atoms with Crippen molar-refractivity contribution < 1.29 is 19.4 Å². The number of ether oxygens (including phenoxy) is 1. The lowest BCUT2D eigenvalue weighted by atomic mass is 9.85. The Bertz CT molecular complexity index is 1510. The van der Waals surface area contributed by atoms with Crippen LogP contribution < -0.4 is 16.2 Å². The molecule has 0 bridgehead atoms. The van der Waals surface area contributed by atoms with E-state index in [0.29, 0.717) is 17.9 Å². The minimum absolute atomic E-state index is 0.0872. The molecule has 0 spiro atoms. The zero-order valence-electron chi connectivity index (χ0n) is 19.1. The number of pyridine rings is 2. The first kappa shape index (κ1) is 20.9. The molecular weight excluding hydrogens is 436 g/mol. The molecule has 5 heterocycles. The predicted molar refractivity (Wildman–Crippen MR) is 124 cm³/mol. The molecule has 3 aromatic rings. The monoisotopic (exact) mass is 460 g/mol. The fourth-order valence-corrected chi connectivity index (χ4v) is 5.60. The topological polar surface area (TPSA) is 123 Å². The van der Waals surface area contributed by atoms with Gasteiger partial charge in [-0.15, -0.1) is 0 Å². The highest BCUT2D eigenvalue weighted by Crippen LogP contribution is 2.45. The molecule has 0 fully saturated rings. The van der Waals surface area contributed by atoms with Gasteiger partial charge in [-0.3, -0.25) is 9.59 Å². The van der Waals surface area contributed by atoms with Gasteiger partial charge in [0.2, 0.25) is 5.91 Å². The van der Waals surface area contributed by atoms with Crippen LogP contribution in [0, 0.1) is 6.92 Å². The highest BCUT2D eigenvalue weighted by Gasteiger charge is 2.45. The minimum Gasteiger partial charge on any atom is -0.458 e. The Labute approximate surface area is 194 Å². The Morgan fingerprint density at radius 2 is 2.15 bits per heavy atom. The van der Waals surface area contributed by atoms with Gasteiger partial charge in [0.15, 0.2) is 5.60 Å². The maximum Gasteiger partial charge on any atom is 0.343 e. The van der Waals surface area contributed by atoms with Crippen molar-refractivity contribution in [3.8, 4) is 11.4 Å². The average Bonchev–Trinajstić information content (AvgIpc) is 3.18. The van der Waals surface area contributed by atoms with Crippen molar-refractivity contribution in [2.75, 3.05) is 11.9 Å². The fourth-order valence-electron chi connectivity index (χ4n) is 5.60. The van der Waals surface area contributed by atoms with E-state index in [0.717, 1.165) is 33.3 Å². The van der Waals surface area contributed by atoms with Crippen LogP contribution in [-0.2, 0) is 33.1 Å². The van der Waals surface area contributed by atoms with E-state index in [4.69, 9.17) is 9.72 Å². The van der Waals surface area contributed by atoms with E-state index in [9.17, 15) is 19.5 Å². The van der Waals surface area contributed by atoms with Gasteiger partial charge >= 0.3 is 5.97 Å². The van der Waals surface area contributed by atoms with Crippen LogP contribution in [0.1, 0.15) is 54.1 Å². The van der Waals surface area contributed by atoms with Crippen molar-refractivity contribution in [1.29, 1.82) is 0 Å². The van der Waals surface area contributed by atoms with Crippen LogP contribution in [0.15, 0.2) is 23.0 Å². The largest absolute Gasteiger partial charge is 0.458 e. The highest BCUT2D eigenvalue weighted by molar-refractivity contribution is 6.00. The van der Waals surface area contributed by atoms with Gasteiger partial charge in [-0.25, -0.2) is 9.78 Å². The molecule has 174 valence electrons. The molecule has 6 rings (SSSR count). The van der Waals surface area contributed by atoms with Crippen LogP contribution in [0.2, 0.25) is 0 Å². The molecule has 3 N–H and O–H groups in total. The summed E-state index contributed by atoms with van der Waals surface area (Å²) in [6, 6.07) is 5.35. The smallest absolute Gasteiger partial charge is 0.343 e. The molecule has 1 aromatic carbocycles. The lowest BCUT2D eigenvalue weighted by molar-refractivity contribution is -0.172. The third-order valence-corrected chi connectivity index (χ3v) is 7.31. The van der Waals surface area contributed by atoms with E-state index in [2.05, 4.69) is 10.6 Å². The van der Waals surface area contributed by atoms with E-state index < -0.39 is 11.6 Å². The fraction of sp³-hybridized carbons (Fsp3) is 0.360. The van der Waals surface area contributed by atoms with Crippen molar-refractivity contribution in [2.24, 2.45) is 0 Å². The number of nitrogens with one attached hydrogen (secondary N) is 2. The summed E-state index contributed by atoms with van der Waals surface area (Å²) in [6.45, 7) is 5.82. The van der Waals surface area contributed by atoms with Crippen LogP contribution in [0.4, 0.5) is 5.69 Å². The SMILES string of the molecule is CC[C@@]1(O)C(=O)OCc2c1cc1n(c2=O)Cc2c-1nc1ccc(C)c3c1c2C(NC(C)=O)CN3. The van der Waals surface area contributed by atoms with Gasteiger partial charge in [-0.1, -0.05) is 13.0 Å². The van der Waals surface area contributed by atoms with E-state index in [1.54, 1.807) is 17.6 Å². The predicted octanol–water partition coefficient (Wildman–Crippen LogP) is 1.99. The van der Waals surface area contributed by atoms with Gasteiger partial charge in [-0.05, 0) is 36.6 Å². The summed E-state index contributed by atoms with van der Waals surface area (Å²) in [7, 11) is 0. The minimum atomic E-state index is -1.87. The number of aliphatic hydroxyl groups is 1. The van der Waals surface area contributed by atoms with Crippen molar-refractivity contribution in [1.82, 2.24) is 14.9 Å². The van der Waals surface area contributed by atoms with Crippen LogP contribution in [-0.4, -0.2) is 33.1 Å². The summed E-state index contributed by atoms with van der Waals surface area (Å²) in [4.78, 5) is 42.9. The summed E-state index contributed by atoms with van der Waals surface area (Å²) in [5.41, 5.74) is 4.21. The number of rotatable bonds is 2. The summed E-state index contributed by atoms with van der Waals surface area (Å²) in [5, 5.41) is 18.5. The molecule has 3 aliphatic rings. The van der Waals surface area contributed by atoms with E-state index in [1.807, 2.05) is 19.1 Å². The van der Waals surface area contributed by atoms with E-state index in [1.165, 1.54) is 6.92 Å². The molecule has 0 aliphatic carbocycles. The molecule has 34 heavy (non-hydrogen) atoms. The molecule has 0 radical (unpaired) electrons. The van der Waals surface area contributed by atoms with E-state index in [-0.39, 0.29) is 48.2 Å². The summed E-state index contributed by atoms with van der Waals surface area (Å²) < 4.78 is 6.79. The highest BCUT2D eigenvalue weighted by atomic mass is 16.6. The number of fused-ring (bicyclic) bond motifs is 5. The molecule has 9 nitrogen and oxygen atoms in total. The molecule has 2 aromatic heterocycles. The number of carbonyl (C=O) groups is 2. The van der Waals surface area contributed by atoms with Crippen molar-refractivity contribution in [3.63, 3.8) is 0 Å². The number of aryl methyl sites for hydroxylation is 1. The Hall–Kier alpha value is -3.72. The number of cyclic esters (lactones) is 1. The summed E-state index contributed by atoms with van der Waals surface area (Å²) in [5.74, 6) is -0.892. The quantitative estimate of drug-likeness (QED) is 0.391. The second-order valence-corrected chi connectivity index (χ2v) is 9.24. The number of hydrogen-bond acceptors (Lipinski definition) is 7. The molecule has 0 saturated carbocycles. The Morgan fingerprint density at radius 3 is 2.88 bits per heavy atom. The molecule has 1 unspecified atom stereocenters. The number of hydrogen-bond donors (Lipinski definition) is 3. The van der Waals surface area contributed by atoms with Crippen molar-refractivity contribution in [2.45, 2.75) is 52.0 Å². The number of amides is 1. The summed E-state index contributed by atoms with van der Waals surface area (Å²) in [6.07, 6.45) is 0.0872. The van der Waals surface area contributed by atoms with Crippen LogP contribution in [0.25, 0.3) is 22.3 Å². The van der Waals surface area contributed by atoms with Crippen LogP contribution >= 0.6 is 0 Å². The number of anilines is 1.